The highest BCUT2D eigenvalue weighted by Gasteiger charge is 2.43. The average molecular weight is 351 g/mol. The number of nitrogens with one attached hydrogen (secondary N) is 1. The summed E-state index contributed by atoms with van der Waals surface area (Å²) in [5, 5.41) is 4.97. The number of urea groups is 1. The maximum Gasteiger partial charge on any atom is 0.318 e. The molecular weight excluding hydrogens is 330 g/mol. The van der Waals surface area contributed by atoms with E-state index in [9.17, 15) is 14.4 Å². The number of imide groups is 1. The second-order valence-electron chi connectivity index (χ2n) is 6.24. The molecule has 2 atom stereocenters. The fourth-order valence-corrected chi connectivity index (χ4v) is 4.22. The van der Waals surface area contributed by atoms with Gasteiger partial charge in [0, 0.05) is 50.1 Å². The number of aromatic nitrogens is 1. The summed E-state index contributed by atoms with van der Waals surface area (Å²) in [5.74, 6) is 0.153. The summed E-state index contributed by atoms with van der Waals surface area (Å²) in [6, 6.07) is -0.673. The molecule has 3 N–H and O–H groups in total. The number of aryl methyl sites for hydroxylation is 1. The van der Waals surface area contributed by atoms with E-state index in [0.717, 1.165) is 24.5 Å². The van der Waals surface area contributed by atoms with Gasteiger partial charge >= 0.3 is 6.03 Å². The molecule has 3 heterocycles. The number of likely N-dealkylation sites (tertiary alicyclic amines) is 2. The van der Waals surface area contributed by atoms with E-state index in [1.54, 1.807) is 17.5 Å². The lowest BCUT2D eigenvalue weighted by Gasteiger charge is -2.24. The highest BCUT2D eigenvalue weighted by molar-refractivity contribution is 7.09. The van der Waals surface area contributed by atoms with Gasteiger partial charge in [-0.1, -0.05) is 0 Å². The Labute approximate surface area is 144 Å². The summed E-state index contributed by atoms with van der Waals surface area (Å²) in [4.78, 5) is 43.0. The number of fused-ring (bicyclic) bond motifs is 1. The average Bonchev–Trinajstić information content (AvgIpc) is 3.19. The van der Waals surface area contributed by atoms with Gasteiger partial charge in [-0.2, -0.15) is 0 Å². The van der Waals surface area contributed by atoms with E-state index in [1.807, 2.05) is 15.2 Å². The van der Waals surface area contributed by atoms with Crippen LogP contribution in [0.25, 0.3) is 0 Å². The van der Waals surface area contributed by atoms with Crippen molar-refractivity contribution in [3.05, 3.63) is 16.6 Å². The number of hydrogen-bond donors (Lipinski definition) is 2. The summed E-state index contributed by atoms with van der Waals surface area (Å²) in [6.45, 7) is 2.36. The lowest BCUT2D eigenvalue weighted by atomic mass is 10.1. The topological polar surface area (TPSA) is 109 Å². The normalized spacial score (nSPS) is 23.2. The van der Waals surface area contributed by atoms with Crippen LogP contribution in [0.5, 0.6) is 0 Å². The molecular formula is C15H21N5O3S. The molecule has 0 aliphatic carbocycles. The Balaban J connectivity index is 1.50. The molecule has 1 aromatic rings. The second-order valence-corrected chi connectivity index (χ2v) is 7.21. The maximum atomic E-state index is 12.5. The van der Waals surface area contributed by atoms with Crippen LogP contribution in [0, 0.1) is 5.92 Å². The molecule has 3 rings (SSSR count). The molecule has 130 valence electrons. The molecule has 2 aliphatic rings. The van der Waals surface area contributed by atoms with Crippen LogP contribution in [0.2, 0.25) is 0 Å². The van der Waals surface area contributed by atoms with E-state index in [0.29, 0.717) is 25.3 Å². The van der Waals surface area contributed by atoms with E-state index in [2.05, 4.69) is 10.3 Å². The van der Waals surface area contributed by atoms with Crippen LogP contribution in [0.1, 0.15) is 17.8 Å². The van der Waals surface area contributed by atoms with Crippen LogP contribution in [0.4, 0.5) is 4.79 Å². The minimum Gasteiger partial charge on any atom is -0.351 e. The van der Waals surface area contributed by atoms with Gasteiger partial charge in [-0.05, 0) is 12.3 Å². The SMILES string of the molecule is NC(=O)NC(=O)CN1C[C@@H]2CCN(C(=O)CCc3nccs3)[C@@H]2C1. The van der Waals surface area contributed by atoms with Crippen molar-refractivity contribution in [1.82, 2.24) is 20.1 Å². The predicted molar refractivity (Wildman–Crippen MR) is 88.2 cm³/mol. The lowest BCUT2D eigenvalue weighted by Crippen LogP contribution is -2.44. The third-order valence-electron chi connectivity index (χ3n) is 4.61. The molecule has 0 saturated carbocycles. The molecule has 2 fully saturated rings. The van der Waals surface area contributed by atoms with Crippen molar-refractivity contribution in [3.63, 3.8) is 0 Å². The van der Waals surface area contributed by atoms with Crippen molar-refractivity contribution in [1.29, 1.82) is 0 Å². The first kappa shape index (κ1) is 16.8. The van der Waals surface area contributed by atoms with Crippen LogP contribution >= 0.6 is 11.3 Å². The van der Waals surface area contributed by atoms with Crippen LogP contribution in [0.15, 0.2) is 11.6 Å². The van der Waals surface area contributed by atoms with Crippen LogP contribution in [0.3, 0.4) is 0 Å². The molecule has 2 aliphatic heterocycles. The number of amides is 4. The molecule has 0 radical (unpaired) electrons. The third kappa shape index (κ3) is 3.90. The van der Waals surface area contributed by atoms with Gasteiger partial charge in [-0.3, -0.25) is 19.8 Å². The number of hydrogen-bond acceptors (Lipinski definition) is 6. The quantitative estimate of drug-likeness (QED) is 0.764. The Morgan fingerprint density at radius 3 is 2.92 bits per heavy atom. The highest BCUT2D eigenvalue weighted by atomic mass is 32.1. The standard InChI is InChI=1S/C15H21N5O3S/c16-15(23)18-12(21)9-19-7-10-3-5-20(11(10)8-19)14(22)2-1-13-17-4-6-24-13/h4,6,10-11H,1-3,5,7-9H2,(H3,16,18,21,23)/t10-,11+/m0/s1. The van der Waals surface area contributed by atoms with Crippen molar-refractivity contribution in [2.45, 2.75) is 25.3 Å². The van der Waals surface area contributed by atoms with Crippen LogP contribution in [-0.2, 0) is 16.0 Å². The molecule has 1 aromatic heterocycles. The lowest BCUT2D eigenvalue weighted by molar-refractivity contribution is -0.132. The number of carbonyl (C=O) groups excluding carboxylic acids is 3. The van der Waals surface area contributed by atoms with Crippen LogP contribution < -0.4 is 11.1 Å². The van der Waals surface area contributed by atoms with Gasteiger partial charge in [0.25, 0.3) is 0 Å². The number of nitrogens with zero attached hydrogens (tertiary/aromatic N) is 3. The van der Waals surface area contributed by atoms with E-state index >= 15 is 0 Å². The molecule has 8 nitrogen and oxygen atoms in total. The monoisotopic (exact) mass is 351 g/mol. The Kier molecular flexibility index (Phi) is 5.10. The van der Waals surface area contributed by atoms with E-state index in [1.165, 1.54) is 0 Å². The van der Waals surface area contributed by atoms with Crippen LogP contribution in [-0.4, -0.2) is 64.9 Å². The zero-order valence-corrected chi connectivity index (χ0v) is 14.1. The molecule has 0 spiro atoms. The van der Waals surface area contributed by atoms with Crippen molar-refractivity contribution in [2.75, 3.05) is 26.2 Å². The Morgan fingerprint density at radius 1 is 1.38 bits per heavy atom. The summed E-state index contributed by atoms with van der Waals surface area (Å²) in [6.07, 6.45) is 3.86. The molecule has 9 heteroatoms. The van der Waals surface area contributed by atoms with Gasteiger partial charge < -0.3 is 10.6 Å². The molecule has 0 bridgehead atoms. The zero-order chi connectivity index (χ0) is 17.1. The predicted octanol–water partition coefficient (Wildman–Crippen LogP) is -0.197. The summed E-state index contributed by atoms with van der Waals surface area (Å²) in [5.41, 5.74) is 4.95. The number of thiazole rings is 1. The third-order valence-corrected chi connectivity index (χ3v) is 5.45. The number of rotatable bonds is 5. The molecule has 24 heavy (non-hydrogen) atoms. The van der Waals surface area contributed by atoms with Gasteiger partial charge in [-0.15, -0.1) is 11.3 Å². The van der Waals surface area contributed by atoms with E-state index in [-0.39, 0.29) is 18.5 Å². The van der Waals surface area contributed by atoms with Crippen molar-refractivity contribution < 1.29 is 14.4 Å². The fraction of sp³-hybridized carbons (Fsp3) is 0.600. The molecule has 4 amide bonds. The fourth-order valence-electron chi connectivity index (χ4n) is 3.60. The number of carbonyl (C=O) groups is 3. The Hall–Kier alpha value is -2.00. The van der Waals surface area contributed by atoms with Gasteiger partial charge in [0.2, 0.25) is 11.8 Å². The minimum atomic E-state index is -0.835. The molecule has 0 unspecified atom stereocenters. The zero-order valence-electron chi connectivity index (χ0n) is 13.3. The van der Waals surface area contributed by atoms with Crippen molar-refractivity contribution in [2.24, 2.45) is 11.7 Å². The number of primary amides is 1. The van der Waals surface area contributed by atoms with E-state index < -0.39 is 11.9 Å². The summed E-state index contributed by atoms with van der Waals surface area (Å²) in [7, 11) is 0. The van der Waals surface area contributed by atoms with Gasteiger partial charge in [0.1, 0.15) is 0 Å². The highest BCUT2D eigenvalue weighted by Crippen LogP contribution is 2.31. The van der Waals surface area contributed by atoms with Crippen molar-refractivity contribution in [3.8, 4) is 0 Å². The molecule has 0 aromatic carbocycles. The minimum absolute atomic E-state index is 0.136. The summed E-state index contributed by atoms with van der Waals surface area (Å²) >= 11 is 1.57. The second kappa shape index (κ2) is 7.27. The first-order valence-electron chi connectivity index (χ1n) is 8.02. The number of nitrogens with two attached hydrogens (primary N) is 1. The first-order chi connectivity index (χ1) is 11.5. The Bertz CT molecular complexity index is 621. The Morgan fingerprint density at radius 2 is 2.21 bits per heavy atom. The molecule has 2 saturated heterocycles. The summed E-state index contributed by atoms with van der Waals surface area (Å²) < 4.78 is 0. The van der Waals surface area contributed by atoms with E-state index in [4.69, 9.17) is 5.73 Å². The van der Waals surface area contributed by atoms with Gasteiger partial charge in [0.15, 0.2) is 0 Å². The maximum absolute atomic E-state index is 12.5. The van der Waals surface area contributed by atoms with Gasteiger partial charge in [0.05, 0.1) is 11.6 Å². The largest absolute Gasteiger partial charge is 0.351 e. The van der Waals surface area contributed by atoms with Gasteiger partial charge in [-0.25, -0.2) is 9.78 Å². The first-order valence-corrected chi connectivity index (χ1v) is 8.90. The smallest absolute Gasteiger partial charge is 0.318 e. The van der Waals surface area contributed by atoms with Crippen molar-refractivity contribution >= 4 is 29.2 Å².